The predicted molar refractivity (Wildman–Crippen MR) is 94.8 cm³/mol. The van der Waals surface area contributed by atoms with Crippen LogP contribution in [0.1, 0.15) is 5.56 Å². The third-order valence-corrected chi connectivity index (χ3v) is 4.59. The van der Waals surface area contributed by atoms with Crippen LogP contribution in [0.2, 0.25) is 0 Å². The summed E-state index contributed by atoms with van der Waals surface area (Å²) in [6.45, 7) is 8.85. The lowest BCUT2D eigenvalue weighted by atomic mass is 10.0. The van der Waals surface area contributed by atoms with Crippen LogP contribution in [0.15, 0.2) is 30.3 Å². The summed E-state index contributed by atoms with van der Waals surface area (Å²) in [5.74, 6) is 0.407. The molecule has 2 heterocycles. The highest BCUT2D eigenvalue weighted by Gasteiger charge is 2.24. The molecule has 128 valence electrons. The molecule has 0 atom stereocenters. The zero-order valence-electron chi connectivity index (χ0n) is 13.5. The van der Waals surface area contributed by atoms with Crippen molar-refractivity contribution in [1.82, 2.24) is 20.4 Å². The van der Waals surface area contributed by atoms with Crippen molar-refractivity contribution < 1.29 is 4.79 Å². The van der Waals surface area contributed by atoms with Crippen molar-refractivity contribution in [1.29, 1.82) is 0 Å². The van der Waals surface area contributed by atoms with Gasteiger partial charge in [0.15, 0.2) is 0 Å². The minimum atomic E-state index is 0. The monoisotopic (exact) mass is 338 g/mol. The SMILES string of the molecule is Cl.O=C(NCCN1CCN(Cc2ccccc2)CC1)C1CNC1. The number of piperazine rings is 1. The Hall–Kier alpha value is -1.14. The second-order valence-corrected chi connectivity index (χ2v) is 6.25. The number of nitrogens with zero attached hydrogens (tertiary/aromatic N) is 2. The van der Waals surface area contributed by atoms with Gasteiger partial charge in [0.25, 0.3) is 0 Å². The van der Waals surface area contributed by atoms with Gasteiger partial charge in [0.1, 0.15) is 0 Å². The molecule has 2 aliphatic rings. The van der Waals surface area contributed by atoms with Gasteiger partial charge in [-0.1, -0.05) is 30.3 Å². The zero-order chi connectivity index (χ0) is 15.2. The van der Waals surface area contributed by atoms with E-state index in [9.17, 15) is 4.79 Å². The van der Waals surface area contributed by atoms with E-state index in [4.69, 9.17) is 0 Å². The molecule has 0 saturated carbocycles. The Morgan fingerprint density at radius 3 is 2.35 bits per heavy atom. The summed E-state index contributed by atoms with van der Waals surface area (Å²) in [4.78, 5) is 16.7. The summed E-state index contributed by atoms with van der Waals surface area (Å²) in [6, 6.07) is 10.7. The first-order valence-electron chi connectivity index (χ1n) is 8.28. The Balaban J connectivity index is 0.00000192. The Kier molecular flexibility index (Phi) is 7.30. The van der Waals surface area contributed by atoms with Crippen LogP contribution in [-0.4, -0.2) is 68.1 Å². The van der Waals surface area contributed by atoms with E-state index in [0.717, 1.165) is 58.9 Å². The van der Waals surface area contributed by atoms with Crippen molar-refractivity contribution in [2.24, 2.45) is 5.92 Å². The van der Waals surface area contributed by atoms with E-state index in [1.165, 1.54) is 5.56 Å². The first kappa shape index (κ1) is 18.2. The molecule has 0 aromatic heterocycles. The Labute approximate surface area is 144 Å². The van der Waals surface area contributed by atoms with Gasteiger partial charge in [-0.15, -0.1) is 12.4 Å². The van der Waals surface area contributed by atoms with Gasteiger partial charge in [-0.3, -0.25) is 14.6 Å². The van der Waals surface area contributed by atoms with Crippen molar-refractivity contribution in [3.05, 3.63) is 35.9 Å². The number of carbonyl (C=O) groups excluding carboxylic acids is 1. The number of benzene rings is 1. The molecule has 0 unspecified atom stereocenters. The fourth-order valence-electron chi connectivity index (χ4n) is 2.97. The van der Waals surface area contributed by atoms with Gasteiger partial charge in [-0.25, -0.2) is 0 Å². The van der Waals surface area contributed by atoms with Crippen LogP contribution in [0.3, 0.4) is 0 Å². The van der Waals surface area contributed by atoms with Gasteiger partial charge in [-0.2, -0.15) is 0 Å². The quantitative estimate of drug-likeness (QED) is 0.796. The van der Waals surface area contributed by atoms with E-state index in [2.05, 4.69) is 50.8 Å². The Morgan fingerprint density at radius 2 is 1.74 bits per heavy atom. The fourth-order valence-corrected chi connectivity index (χ4v) is 2.97. The second-order valence-electron chi connectivity index (χ2n) is 6.25. The summed E-state index contributed by atoms with van der Waals surface area (Å²) in [7, 11) is 0. The van der Waals surface area contributed by atoms with E-state index >= 15 is 0 Å². The van der Waals surface area contributed by atoms with Gasteiger partial charge >= 0.3 is 0 Å². The molecule has 2 N–H and O–H groups in total. The number of hydrogen-bond donors (Lipinski definition) is 2. The molecule has 0 aliphatic carbocycles. The third kappa shape index (κ3) is 5.46. The van der Waals surface area contributed by atoms with Crippen LogP contribution in [0.5, 0.6) is 0 Å². The van der Waals surface area contributed by atoms with E-state index in [1.54, 1.807) is 0 Å². The average Bonchev–Trinajstić information content (AvgIpc) is 2.48. The lowest BCUT2D eigenvalue weighted by Gasteiger charge is -2.35. The van der Waals surface area contributed by atoms with Gasteiger partial charge in [0, 0.05) is 58.9 Å². The number of nitrogens with one attached hydrogen (secondary N) is 2. The first-order chi connectivity index (χ1) is 10.8. The molecule has 1 amide bonds. The molecule has 6 heteroatoms. The van der Waals surface area contributed by atoms with Crippen molar-refractivity contribution in [3.8, 4) is 0 Å². The molecular formula is C17H27ClN4O. The highest BCUT2D eigenvalue weighted by molar-refractivity contribution is 5.85. The molecule has 3 rings (SSSR count). The zero-order valence-corrected chi connectivity index (χ0v) is 14.4. The summed E-state index contributed by atoms with van der Waals surface area (Å²) in [5, 5.41) is 6.18. The minimum Gasteiger partial charge on any atom is -0.354 e. The number of halogens is 1. The molecule has 23 heavy (non-hydrogen) atoms. The van der Waals surface area contributed by atoms with Crippen molar-refractivity contribution in [2.45, 2.75) is 6.54 Å². The largest absolute Gasteiger partial charge is 0.354 e. The summed E-state index contributed by atoms with van der Waals surface area (Å²) in [5.41, 5.74) is 1.39. The molecule has 2 fully saturated rings. The minimum absolute atomic E-state index is 0. The smallest absolute Gasteiger partial charge is 0.225 e. The topological polar surface area (TPSA) is 47.6 Å². The number of hydrogen-bond acceptors (Lipinski definition) is 4. The van der Waals surface area contributed by atoms with Crippen molar-refractivity contribution in [2.75, 3.05) is 52.4 Å². The summed E-state index contributed by atoms with van der Waals surface area (Å²) >= 11 is 0. The first-order valence-corrected chi connectivity index (χ1v) is 8.28. The van der Waals surface area contributed by atoms with Crippen molar-refractivity contribution >= 4 is 18.3 Å². The number of amides is 1. The molecule has 2 aliphatic heterocycles. The average molecular weight is 339 g/mol. The molecule has 2 saturated heterocycles. The maximum atomic E-state index is 11.7. The van der Waals surface area contributed by atoms with Crippen LogP contribution < -0.4 is 10.6 Å². The van der Waals surface area contributed by atoms with Crippen LogP contribution >= 0.6 is 12.4 Å². The second kappa shape index (κ2) is 9.23. The molecule has 0 radical (unpaired) electrons. The lowest BCUT2D eigenvalue weighted by molar-refractivity contribution is -0.126. The standard InChI is InChI=1S/C17H26N4O.ClH/c22-17(16-12-18-13-16)19-6-7-20-8-10-21(11-9-20)14-15-4-2-1-3-5-15;/h1-5,16,18H,6-14H2,(H,19,22);1H. The van der Waals surface area contributed by atoms with Crippen molar-refractivity contribution in [3.63, 3.8) is 0 Å². The molecular weight excluding hydrogens is 312 g/mol. The van der Waals surface area contributed by atoms with E-state index in [1.807, 2.05) is 0 Å². The van der Waals surface area contributed by atoms with Crippen LogP contribution in [0, 0.1) is 5.92 Å². The Bertz CT molecular complexity index is 473. The van der Waals surface area contributed by atoms with Crippen LogP contribution in [-0.2, 0) is 11.3 Å². The molecule has 1 aromatic carbocycles. The highest BCUT2D eigenvalue weighted by Crippen LogP contribution is 2.08. The van der Waals surface area contributed by atoms with Gasteiger partial charge in [-0.05, 0) is 5.56 Å². The number of rotatable bonds is 6. The van der Waals surface area contributed by atoms with E-state index < -0.39 is 0 Å². The molecule has 0 spiro atoms. The van der Waals surface area contributed by atoms with Gasteiger partial charge < -0.3 is 10.6 Å². The molecule has 5 nitrogen and oxygen atoms in total. The molecule has 0 bridgehead atoms. The lowest BCUT2D eigenvalue weighted by Crippen LogP contribution is -2.52. The third-order valence-electron chi connectivity index (χ3n) is 4.59. The highest BCUT2D eigenvalue weighted by atomic mass is 35.5. The van der Waals surface area contributed by atoms with Gasteiger partial charge in [0.2, 0.25) is 5.91 Å². The van der Waals surface area contributed by atoms with Crippen LogP contribution in [0.25, 0.3) is 0 Å². The van der Waals surface area contributed by atoms with Crippen LogP contribution in [0.4, 0.5) is 0 Å². The summed E-state index contributed by atoms with van der Waals surface area (Å²) < 4.78 is 0. The maximum absolute atomic E-state index is 11.7. The molecule has 1 aromatic rings. The predicted octanol–water partition coefficient (Wildman–Crippen LogP) is 0.562. The van der Waals surface area contributed by atoms with E-state index in [-0.39, 0.29) is 24.2 Å². The number of carbonyl (C=O) groups is 1. The summed E-state index contributed by atoms with van der Waals surface area (Å²) in [6.07, 6.45) is 0. The normalized spacial score (nSPS) is 19.7. The Morgan fingerprint density at radius 1 is 1.09 bits per heavy atom. The van der Waals surface area contributed by atoms with Gasteiger partial charge in [0.05, 0.1) is 5.92 Å². The van der Waals surface area contributed by atoms with E-state index in [0.29, 0.717) is 0 Å². The maximum Gasteiger partial charge on any atom is 0.225 e. The fraction of sp³-hybridized carbons (Fsp3) is 0.588.